The largest absolute Gasteiger partial charge is 0.319 e. The highest BCUT2D eigenvalue weighted by molar-refractivity contribution is 6.31. The smallest absolute Gasteiger partial charge is 0.0438 e. The fourth-order valence-corrected chi connectivity index (χ4v) is 2.42. The Morgan fingerprint density at radius 1 is 1.00 bits per heavy atom. The highest BCUT2D eigenvalue weighted by Gasteiger charge is 2.12. The normalized spacial score (nSPS) is 12.3. The van der Waals surface area contributed by atoms with Crippen LogP contribution in [0, 0.1) is 0 Å². The van der Waals surface area contributed by atoms with Crippen molar-refractivity contribution in [3.63, 3.8) is 0 Å². The van der Waals surface area contributed by atoms with Crippen LogP contribution in [0.5, 0.6) is 0 Å². The molecule has 1 nitrogen and oxygen atoms in total. The zero-order valence-electron chi connectivity index (χ0n) is 10.6. The average Bonchev–Trinajstić information content (AvgIpc) is 2.42. The lowest BCUT2D eigenvalue weighted by atomic mass is 9.92. The minimum Gasteiger partial charge on any atom is -0.319 e. The number of rotatable bonds is 5. The summed E-state index contributed by atoms with van der Waals surface area (Å²) in [6, 6.07) is 18.7. The van der Waals surface area contributed by atoms with E-state index >= 15 is 0 Å². The zero-order valence-corrected chi connectivity index (χ0v) is 11.3. The first-order valence-corrected chi connectivity index (χ1v) is 6.62. The van der Waals surface area contributed by atoms with Gasteiger partial charge in [0.2, 0.25) is 0 Å². The number of halogens is 1. The van der Waals surface area contributed by atoms with Crippen LogP contribution < -0.4 is 5.32 Å². The summed E-state index contributed by atoms with van der Waals surface area (Å²) in [7, 11) is 1.99. The van der Waals surface area contributed by atoms with Gasteiger partial charge in [0, 0.05) is 17.5 Å². The van der Waals surface area contributed by atoms with E-state index in [1.54, 1.807) is 0 Å². The first-order chi connectivity index (χ1) is 8.81. The maximum absolute atomic E-state index is 6.24. The molecule has 2 aromatic carbocycles. The minimum absolute atomic E-state index is 0.455. The van der Waals surface area contributed by atoms with Crippen molar-refractivity contribution < 1.29 is 0 Å². The van der Waals surface area contributed by atoms with Crippen LogP contribution in [-0.4, -0.2) is 13.6 Å². The number of nitrogens with one attached hydrogen (secondary N) is 1. The van der Waals surface area contributed by atoms with E-state index in [2.05, 4.69) is 41.7 Å². The number of hydrogen-bond donors (Lipinski definition) is 1. The molecule has 0 bridgehead atoms. The molecule has 0 amide bonds. The molecule has 0 aliphatic carbocycles. The summed E-state index contributed by atoms with van der Waals surface area (Å²) in [5, 5.41) is 4.12. The standard InChI is InChI=1S/C16H18ClN/c1-18-12-15(13-7-3-2-4-8-13)11-14-9-5-6-10-16(14)17/h2-10,15,18H,11-12H2,1H3. The Labute approximate surface area is 114 Å². The fraction of sp³-hybridized carbons (Fsp3) is 0.250. The molecule has 0 heterocycles. The van der Waals surface area contributed by atoms with Crippen molar-refractivity contribution >= 4 is 11.6 Å². The van der Waals surface area contributed by atoms with Gasteiger partial charge in [0.1, 0.15) is 0 Å². The third-order valence-corrected chi connectivity index (χ3v) is 3.51. The number of hydrogen-bond acceptors (Lipinski definition) is 1. The fourth-order valence-electron chi connectivity index (χ4n) is 2.21. The van der Waals surface area contributed by atoms with Crippen molar-refractivity contribution in [2.24, 2.45) is 0 Å². The molecule has 1 atom stereocenters. The molecule has 0 spiro atoms. The molecule has 18 heavy (non-hydrogen) atoms. The Kier molecular flexibility index (Phi) is 4.80. The highest BCUT2D eigenvalue weighted by atomic mass is 35.5. The van der Waals surface area contributed by atoms with Crippen LogP contribution in [0.15, 0.2) is 54.6 Å². The SMILES string of the molecule is CNCC(Cc1ccccc1Cl)c1ccccc1. The zero-order chi connectivity index (χ0) is 12.8. The van der Waals surface area contributed by atoms with Gasteiger partial charge in [-0.25, -0.2) is 0 Å². The molecule has 0 aliphatic heterocycles. The first-order valence-electron chi connectivity index (χ1n) is 6.24. The van der Waals surface area contributed by atoms with Gasteiger partial charge < -0.3 is 5.32 Å². The summed E-state index contributed by atoms with van der Waals surface area (Å²) in [5.41, 5.74) is 2.56. The van der Waals surface area contributed by atoms with Crippen LogP contribution in [0.4, 0.5) is 0 Å². The van der Waals surface area contributed by atoms with Gasteiger partial charge in [0.05, 0.1) is 0 Å². The minimum atomic E-state index is 0.455. The maximum atomic E-state index is 6.24. The van der Waals surface area contributed by atoms with Crippen LogP contribution in [-0.2, 0) is 6.42 Å². The van der Waals surface area contributed by atoms with Crippen molar-refractivity contribution in [2.75, 3.05) is 13.6 Å². The van der Waals surface area contributed by atoms with Gasteiger partial charge in [-0.3, -0.25) is 0 Å². The summed E-state index contributed by atoms with van der Waals surface area (Å²) >= 11 is 6.24. The molecule has 2 aromatic rings. The van der Waals surface area contributed by atoms with Crippen LogP contribution >= 0.6 is 11.6 Å². The predicted octanol–water partition coefficient (Wildman–Crippen LogP) is 3.89. The number of likely N-dealkylation sites (N-methyl/N-ethyl adjacent to an activating group) is 1. The van der Waals surface area contributed by atoms with Gasteiger partial charge in [-0.1, -0.05) is 60.1 Å². The Hall–Kier alpha value is -1.31. The predicted molar refractivity (Wildman–Crippen MR) is 78.3 cm³/mol. The van der Waals surface area contributed by atoms with Gasteiger partial charge in [0.25, 0.3) is 0 Å². The topological polar surface area (TPSA) is 12.0 Å². The molecule has 1 unspecified atom stereocenters. The van der Waals surface area contributed by atoms with E-state index < -0.39 is 0 Å². The van der Waals surface area contributed by atoms with Crippen molar-refractivity contribution in [3.8, 4) is 0 Å². The molecule has 0 fully saturated rings. The van der Waals surface area contributed by atoms with Crippen molar-refractivity contribution in [1.82, 2.24) is 5.32 Å². The van der Waals surface area contributed by atoms with Crippen LogP contribution in [0.2, 0.25) is 5.02 Å². The van der Waals surface area contributed by atoms with E-state index in [-0.39, 0.29) is 0 Å². The summed E-state index contributed by atoms with van der Waals surface area (Å²) < 4.78 is 0. The van der Waals surface area contributed by atoms with Gasteiger partial charge in [-0.15, -0.1) is 0 Å². The molecule has 2 heteroatoms. The Morgan fingerprint density at radius 2 is 1.67 bits per heavy atom. The molecule has 0 saturated carbocycles. The summed E-state index contributed by atoms with van der Waals surface area (Å²) in [6.45, 7) is 0.954. The van der Waals surface area contributed by atoms with Gasteiger partial charge in [0.15, 0.2) is 0 Å². The summed E-state index contributed by atoms with van der Waals surface area (Å²) in [4.78, 5) is 0. The van der Waals surface area contributed by atoms with E-state index in [1.807, 2.05) is 25.2 Å². The highest BCUT2D eigenvalue weighted by Crippen LogP contribution is 2.24. The molecule has 0 aliphatic rings. The van der Waals surface area contributed by atoms with Gasteiger partial charge in [-0.05, 0) is 30.7 Å². The van der Waals surface area contributed by atoms with E-state index in [1.165, 1.54) is 11.1 Å². The van der Waals surface area contributed by atoms with Gasteiger partial charge in [-0.2, -0.15) is 0 Å². The van der Waals surface area contributed by atoms with E-state index in [4.69, 9.17) is 11.6 Å². The third-order valence-electron chi connectivity index (χ3n) is 3.15. The molecular formula is C16H18ClN. The van der Waals surface area contributed by atoms with Gasteiger partial charge >= 0.3 is 0 Å². The third kappa shape index (κ3) is 3.34. The second kappa shape index (κ2) is 6.58. The Bertz CT molecular complexity index is 481. The molecular weight excluding hydrogens is 242 g/mol. The molecule has 0 aromatic heterocycles. The second-order valence-corrected chi connectivity index (χ2v) is 4.87. The lowest BCUT2D eigenvalue weighted by molar-refractivity contribution is 0.626. The molecule has 0 saturated heterocycles. The van der Waals surface area contributed by atoms with Crippen molar-refractivity contribution in [2.45, 2.75) is 12.3 Å². The van der Waals surface area contributed by atoms with E-state index in [0.29, 0.717) is 5.92 Å². The van der Waals surface area contributed by atoms with Crippen LogP contribution in [0.1, 0.15) is 17.0 Å². The van der Waals surface area contributed by atoms with Crippen LogP contribution in [0.25, 0.3) is 0 Å². The average molecular weight is 260 g/mol. The second-order valence-electron chi connectivity index (χ2n) is 4.46. The van der Waals surface area contributed by atoms with Crippen molar-refractivity contribution in [1.29, 1.82) is 0 Å². The Morgan fingerprint density at radius 3 is 2.33 bits per heavy atom. The molecule has 2 rings (SSSR count). The first kappa shape index (κ1) is 13.1. The lowest BCUT2D eigenvalue weighted by Crippen LogP contribution is -2.19. The van der Waals surface area contributed by atoms with Crippen molar-refractivity contribution in [3.05, 3.63) is 70.7 Å². The summed E-state index contributed by atoms with van der Waals surface area (Å²) in [5.74, 6) is 0.455. The molecule has 1 N–H and O–H groups in total. The summed E-state index contributed by atoms with van der Waals surface area (Å²) in [6.07, 6.45) is 0.963. The lowest BCUT2D eigenvalue weighted by Gasteiger charge is -2.17. The molecule has 94 valence electrons. The quantitative estimate of drug-likeness (QED) is 0.859. The van der Waals surface area contributed by atoms with Crippen LogP contribution in [0.3, 0.4) is 0 Å². The maximum Gasteiger partial charge on any atom is 0.0438 e. The number of benzene rings is 2. The van der Waals surface area contributed by atoms with E-state index in [0.717, 1.165) is 18.0 Å². The van der Waals surface area contributed by atoms with E-state index in [9.17, 15) is 0 Å². The monoisotopic (exact) mass is 259 g/mol. The molecule has 0 radical (unpaired) electrons. The Balaban J connectivity index is 2.19.